The van der Waals surface area contributed by atoms with Gasteiger partial charge in [0.05, 0.1) is 11.6 Å². The first-order valence-corrected chi connectivity index (χ1v) is 12.6. The van der Waals surface area contributed by atoms with Crippen LogP contribution in [0.15, 0.2) is 46.9 Å². The Balaban J connectivity index is 2.26. The van der Waals surface area contributed by atoms with Crippen LogP contribution >= 0.6 is 15.9 Å². The van der Waals surface area contributed by atoms with Crippen molar-refractivity contribution in [3.8, 4) is 11.5 Å². The average Bonchev–Trinajstić information content (AvgIpc) is 2.82. The van der Waals surface area contributed by atoms with Crippen LogP contribution < -0.4 is 14.8 Å². The van der Waals surface area contributed by atoms with Crippen molar-refractivity contribution < 1.29 is 19.1 Å². The molecule has 1 N–H and O–H groups in total. The Labute approximate surface area is 212 Å². The van der Waals surface area contributed by atoms with Crippen molar-refractivity contribution in [1.82, 2.24) is 10.2 Å². The molecule has 2 amide bonds. The molecule has 2 atom stereocenters. The van der Waals surface area contributed by atoms with Gasteiger partial charge in [-0.25, -0.2) is 0 Å². The molecular weight excluding hydrogens is 496 g/mol. The maximum Gasteiger partial charge on any atom is 0.261 e. The van der Waals surface area contributed by atoms with Gasteiger partial charge in [0.15, 0.2) is 6.61 Å². The third-order valence-corrected chi connectivity index (χ3v) is 6.47. The second-order valence-electron chi connectivity index (χ2n) is 8.75. The molecule has 34 heavy (non-hydrogen) atoms. The maximum atomic E-state index is 13.4. The third-order valence-electron chi connectivity index (χ3n) is 5.85. The second kappa shape index (κ2) is 13.4. The van der Waals surface area contributed by atoms with Gasteiger partial charge in [-0.05, 0) is 77.0 Å². The molecule has 0 spiro atoms. The summed E-state index contributed by atoms with van der Waals surface area (Å²) in [6.07, 6.45) is 1.31. The van der Waals surface area contributed by atoms with E-state index in [2.05, 4.69) is 35.1 Å². The molecule has 0 aliphatic carbocycles. The molecule has 0 unspecified atom stereocenters. The molecule has 2 aromatic rings. The van der Waals surface area contributed by atoms with Gasteiger partial charge in [0.2, 0.25) is 5.91 Å². The lowest BCUT2D eigenvalue weighted by Crippen LogP contribution is -2.51. The Morgan fingerprint density at radius 1 is 1.06 bits per heavy atom. The van der Waals surface area contributed by atoms with Gasteiger partial charge in [0.25, 0.3) is 5.91 Å². The first-order valence-electron chi connectivity index (χ1n) is 11.8. The Bertz CT molecular complexity index is 963. The van der Waals surface area contributed by atoms with Crippen molar-refractivity contribution in [2.75, 3.05) is 13.7 Å². The number of halogens is 1. The lowest BCUT2D eigenvalue weighted by atomic mass is 10.0. The van der Waals surface area contributed by atoms with Gasteiger partial charge in [-0.2, -0.15) is 0 Å². The quantitative estimate of drug-likeness (QED) is 0.381. The Morgan fingerprint density at radius 2 is 1.79 bits per heavy atom. The Hall–Kier alpha value is -2.54. The van der Waals surface area contributed by atoms with E-state index < -0.39 is 6.04 Å². The molecule has 2 aromatic carbocycles. The van der Waals surface area contributed by atoms with Crippen molar-refractivity contribution >= 4 is 27.7 Å². The van der Waals surface area contributed by atoms with Crippen LogP contribution in [0.5, 0.6) is 11.5 Å². The van der Waals surface area contributed by atoms with E-state index in [4.69, 9.17) is 9.47 Å². The number of methoxy groups -OCH3 is 1. The summed E-state index contributed by atoms with van der Waals surface area (Å²) in [7, 11) is 1.60. The van der Waals surface area contributed by atoms with Gasteiger partial charge in [-0.3, -0.25) is 9.59 Å². The van der Waals surface area contributed by atoms with Crippen LogP contribution in [0.4, 0.5) is 0 Å². The van der Waals surface area contributed by atoms with Crippen LogP contribution in [0.3, 0.4) is 0 Å². The van der Waals surface area contributed by atoms with Crippen molar-refractivity contribution in [1.29, 1.82) is 0 Å². The second-order valence-corrected chi connectivity index (χ2v) is 9.60. The zero-order valence-corrected chi connectivity index (χ0v) is 22.6. The molecule has 0 aliphatic heterocycles. The number of amides is 2. The fourth-order valence-electron chi connectivity index (χ4n) is 3.54. The highest BCUT2D eigenvalue weighted by Gasteiger charge is 2.29. The predicted octanol–water partition coefficient (Wildman–Crippen LogP) is 5.68. The molecule has 0 fully saturated rings. The summed E-state index contributed by atoms with van der Waals surface area (Å²) in [5, 5.41) is 3.02. The number of nitrogens with one attached hydrogen (secondary N) is 1. The van der Waals surface area contributed by atoms with E-state index in [0.29, 0.717) is 23.8 Å². The summed E-state index contributed by atoms with van der Waals surface area (Å²) in [5.41, 5.74) is 2.06. The maximum absolute atomic E-state index is 13.4. The lowest BCUT2D eigenvalue weighted by molar-refractivity contribution is -0.143. The highest BCUT2D eigenvalue weighted by atomic mass is 79.9. The molecule has 6 nitrogen and oxygen atoms in total. The van der Waals surface area contributed by atoms with Gasteiger partial charge in [0.1, 0.15) is 17.5 Å². The number of ether oxygens (including phenoxy) is 2. The van der Waals surface area contributed by atoms with E-state index >= 15 is 0 Å². The molecular formula is C27H37BrN2O4. The Kier molecular flexibility index (Phi) is 10.9. The highest BCUT2D eigenvalue weighted by Crippen LogP contribution is 2.29. The standard InChI is InChI=1S/C27H37BrN2O4/c1-7-19(5)29-27(32)24(8-2)30(16-20-10-9-11-22(14-20)33-6)26(31)17-34-25-13-12-21(18(3)4)15-23(25)28/h9-15,18-19,24H,7-8,16-17H2,1-6H3,(H,29,32)/t19-,24+/m0/s1. The minimum Gasteiger partial charge on any atom is -0.497 e. The van der Waals surface area contributed by atoms with E-state index in [-0.39, 0.29) is 31.0 Å². The number of carbonyl (C=O) groups excluding carboxylic acids is 2. The summed E-state index contributed by atoms with van der Waals surface area (Å²) in [6, 6.07) is 12.8. The first-order chi connectivity index (χ1) is 16.2. The topological polar surface area (TPSA) is 67.9 Å². The third kappa shape index (κ3) is 7.76. The fourth-order valence-corrected chi connectivity index (χ4v) is 4.05. The van der Waals surface area contributed by atoms with E-state index in [1.54, 1.807) is 12.0 Å². The van der Waals surface area contributed by atoms with Gasteiger partial charge >= 0.3 is 0 Å². The minimum absolute atomic E-state index is 0.0296. The number of carbonyl (C=O) groups is 2. The van der Waals surface area contributed by atoms with Crippen LogP contribution in [0.25, 0.3) is 0 Å². The van der Waals surface area contributed by atoms with Crippen molar-refractivity contribution in [2.24, 2.45) is 0 Å². The fraction of sp³-hybridized carbons (Fsp3) is 0.481. The normalized spacial score (nSPS) is 12.7. The van der Waals surface area contributed by atoms with Crippen molar-refractivity contribution in [3.05, 3.63) is 58.1 Å². The van der Waals surface area contributed by atoms with Crippen LogP contribution in [-0.2, 0) is 16.1 Å². The Morgan fingerprint density at radius 3 is 2.38 bits per heavy atom. The number of hydrogen-bond acceptors (Lipinski definition) is 4. The van der Waals surface area contributed by atoms with Crippen molar-refractivity contribution in [3.63, 3.8) is 0 Å². The van der Waals surface area contributed by atoms with Gasteiger partial charge in [0, 0.05) is 12.6 Å². The van der Waals surface area contributed by atoms with Crippen molar-refractivity contribution in [2.45, 2.75) is 72.0 Å². The van der Waals surface area contributed by atoms with Crippen LogP contribution in [0.1, 0.15) is 64.5 Å². The molecule has 0 heterocycles. The first kappa shape index (κ1) is 27.7. The highest BCUT2D eigenvalue weighted by molar-refractivity contribution is 9.10. The van der Waals surface area contributed by atoms with Gasteiger partial charge in [-0.1, -0.05) is 45.9 Å². The zero-order chi connectivity index (χ0) is 25.3. The molecule has 0 bridgehead atoms. The molecule has 0 aliphatic rings. The number of benzene rings is 2. The molecule has 2 rings (SSSR count). The van der Waals surface area contributed by atoms with E-state index in [9.17, 15) is 9.59 Å². The SMILES string of the molecule is CC[C@H](C(=O)N[C@@H](C)CC)N(Cc1cccc(OC)c1)C(=O)COc1ccc(C(C)C)cc1Br. The number of hydrogen-bond donors (Lipinski definition) is 1. The van der Waals surface area contributed by atoms with Crippen LogP contribution in [0.2, 0.25) is 0 Å². The summed E-state index contributed by atoms with van der Waals surface area (Å²) < 4.78 is 12.0. The smallest absolute Gasteiger partial charge is 0.261 e. The van der Waals surface area contributed by atoms with E-state index in [0.717, 1.165) is 16.5 Å². The average molecular weight is 534 g/mol. The summed E-state index contributed by atoms with van der Waals surface area (Å²) in [5.74, 6) is 1.27. The molecule has 0 radical (unpaired) electrons. The van der Waals surface area contributed by atoms with Gasteiger partial charge in [-0.15, -0.1) is 0 Å². The molecule has 186 valence electrons. The summed E-state index contributed by atoms with van der Waals surface area (Å²) >= 11 is 3.55. The lowest BCUT2D eigenvalue weighted by Gasteiger charge is -2.31. The minimum atomic E-state index is -0.608. The molecule has 0 saturated heterocycles. The molecule has 0 saturated carbocycles. The monoisotopic (exact) mass is 532 g/mol. The molecule has 7 heteroatoms. The number of nitrogens with zero attached hydrogens (tertiary/aromatic N) is 1. The summed E-state index contributed by atoms with van der Waals surface area (Å²) in [6.45, 7) is 10.2. The summed E-state index contributed by atoms with van der Waals surface area (Å²) in [4.78, 5) is 28.1. The molecule has 0 aromatic heterocycles. The number of rotatable bonds is 12. The van der Waals surface area contributed by atoms with Gasteiger partial charge < -0.3 is 19.7 Å². The van der Waals surface area contributed by atoms with E-state index in [1.807, 2.05) is 63.2 Å². The van der Waals surface area contributed by atoms with E-state index in [1.165, 1.54) is 5.56 Å². The predicted molar refractivity (Wildman–Crippen MR) is 139 cm³/mol. The van der Waals surface area contributed by atoms with Crippen LogP contribution in [0, 0.1) is 0 Å². The largest absolute Gasteiger partial charge is 0.497 e. The zero-order valence-electron chi connectivity index (χ0n) is 21.1. The van der Waals surface area contributed by atoms with Crippen LogP contribution in [-0.4, -0.2) is 42.5 Å².